The van der Waals surface area contributed by atoms with Crippen molar-refractivity contribution in [3.8, 4) is 0 Å². The highest BCUT2D eigenvalue weighted by Gasteiger charge is 2.20. The van der Waals surface area contributed by atoms with Crippen LogP contribution in [0, 0.1) is 0 Å². The molecule has 6 heteroatoms. The Balaban J connectivity index is 1.42. The number of rotatable bonds is 5. The van der Waals surface area contributed by atoms with E-state index in [1.165, 1.54) is 0 Å². The summed E-state index contributed by atoms with van der Waals surface area (Å²) in [6.45, 7) is 11.3. The van der Waals surface area contributed by atoms with E-state index in [-0.39, 0.29) is 5.97 Å². The Morgan fingerprint density at radius 3 is 2.56 bits per heavy atom. The van der Waals surface area contributed by atoms with Crippen LogP contribution >= 0.6 is 0 Å². The minimum atomic E-state index is -0.399. The second-order valence-electron chi connectivity index (χ2n) is 7.65. The zero-order chi connectivity index (χ0) is 17.9. The Kier molecular flexibility index (Phi) is 5.39. The van der Waals surface area contributed by atoms with E-state index in [9.17, 15) is 4.79 Å². The second-order valence-corrected chi connectivity index (χ2v) is 7.65. The van der Waals surface area contributed by atoms with Gasteiger partial charge in [0.2, 0.25) is 0 Å². The van der Waals surface area contributed by atoms with Gasteiger partial charge in [0.05, 0.1) is 12.1 Å². The molecule has 1 aliphatic rings. The molecular formula is C19H28N4O2. The molecule has 1 saturated heterocycles. The van der Waals surface area contributed by atoms with Gasteiger partial charge in [0.15, 0.2) is 0 Å². The number of pyridine rings is 1. The maximum Gasteiger partial charge on any atom is 0.307 e. The fourth-order valence-corrected chi connectivity index (χ4v) is 3.11. The predicted octanol–water partition coefficient (Wildman–Crippen LogP) is 2.18. The Bertz CT molecular complexity index is 679. The van der Waals surface area contributed by atoms with Crippen LogP contribution in [0.1, 0.15) is 32.9 Å². The van der Waals surface area contributed by atoms with Crippen molar-refractivity contribution in [2.24, 2.45) is 0 Å². The molecule has 136 valence electrons. The Labute approximate surface area is 149 Å². The molecule has 0 unspecified atom stereocenters. The molecule has 0 aliphatic carbocycles. The minimum Gasteiger partial charge on any atom is -0.460 e. The molecule has 2 aromatic rings. The van der Waals surface area contributed by atoms with Crippen molar-refractivity contribution in [2.75, 3.05) is 32.7 Å². The predicted molar refractivity (Wildman–Crippen MR) is 97.4 cm³/mol. The van der Waals surface area contributed by atoms with E-state index in [2.05, 4.69) is 25.4 Å². The highest BCUT2D eigenvalue weighted by Crippen LogP contribution is 2.12. The molecule has 25 heavy (non-hydrogen) atoms. The van der Waals surface area contributed by atoms with Crippen LogP contribution in [0.15, 0.2) is 30.6 Å². The molecule has 0 spiro atoms. The maximum atomic E-state index is 11.8. The Hall–Kier alpha value is -1.92. The third-order valence-corrected chi connectivity index (χ3v) is 4.32. The molecule has 0 radical (unpaired) electrons. The van der Waals surface area contributed by atoms with Crippen LogP contribution < -0.4 is 0 Å². The van der Waals surface area contributed by atoms with Gasteiger partial charge in [-0.2, -0.15) is 0 Å². The van der Waals surface area contributed by atoms with Crippen molar-refractivity contribution in [3.63, 3.8) is 0 Å². The van der Waals surface area contributed by atoms with Crippen LogP contribution in [0.5, 0.6) is 0 Å². The lowest BCUT2D eigenvalue weighted by atomic mass is 10.2. The van der Waals surface area contributed by atoms with Crippen LogP contribution in [0.3, 0.4) is 0 Å². The highest BCUT2D eigenvalue weighted by atomic mass is 16.6. The van der Waals surface area contributed by atoms with Crippen LogP contribution in [0.4, 0.5) is 0 Å². The van der Waals surface area contributed by atoms with Gasteiger partial charge in [-0.1, -0.05) is 6.07 Å². The highest BCUT2D eigenvalue weighted by molar-refractivity contribution is 5.70. The summed E-state index contributed by atoms with van der Waals surface area (Å²) in [4.78, 5) is 21.2. The number of nitrogens with zero attached hydrogens (tertiary/aromatic N) is 4. The summed E-state index contributed by atoms with van der Waals surface area (Å²) >= 11 is 0. The van der Waals surface area contributed by atoms with Gasteiger partial charge < -0.3 is 14.0 Å². The van der Waals surface area contributed by atoms with Crippen LogP contribution in [0.2, 0.25) is 0 Å². The summed E-state index contributed by atoms with van der Waals surface area (Å²) in [6.07, 6.45) is 4.59. The van der Waals surface area contributed by atoms with E-state index < -0.39 is 5.60 Å². The molecule has 1 fully saturated rings. The van der Waals surface area contributed by atoms with Crippen LogP contribution in [-0.4, -0.2) is 63.5 Å². The summed E-state index contributed by atoms with van der Waals surface area (Å²) in [7, 11) is 0. The molecular weight excluding hydrogens is 316 g/mol. The van der Waals surface area contributed by atoms with E-state index in [0.717, 1.165) is 50.6 Å². The van der Waals surface area contributed by atoms with Gasteiger partial charge >= 0.3 is 5.97 Å². The van der Waals surface area contributed by atoms with Gasteiger partial charge in [-0.25, -0.2) is 4.98 Å². The first-order valence-corrected chi connectivity index (χ1v) is 8.98. The average molecular weight is 344 g/mol. The van der Waals surface area contributed by atoms with Gasteiger partial charge in [-0.3, -0.25) is 9.69 Å². The largest absolute Gasteiger partial charge is 0.460 e. The summed E-state index contributed by atoms with van der Waals surface area (Å²) in [5.41, 5.74) is 1.70. The number of piperazine rings is 1. The lowest BCUT2D eigenvalue weighted by molar-refractivity contribution is -0.155. The molecule has 0 amide bonds. The smallest absolute Gasteiger partial charge is 0.307 e. The summed E-state index contributed by atoms with van der Waals surface area (Å²) in [5, 5.41) is 0. The molecule has 0 atom stereocenters. The van der Waals surface area contributed by atoms with E-state index in [4.69, 9.17) is 4.74 Å². The van der Waals surface area contributed by atoms with Crippen molar-refractivity contribution < 1.29 is 9.53 Å². The quantitative estimate of drug-likeness (QED) is 0.778. The first-order chi connectivity index (χ1) is 11.9. The first-order valence-electron chi connectivity index (χ1n) is 8.98. The van der Waals surface area contributed by atoms with Crippen molar-refractivity contribution in [2.45, 2.75) is 39.3 Å². The Morgan fingerprint density at radius 2 is 1.88 bits per heavy atom. The summed E-state index contributed by atoms with van der Waals surface area (Å²) in [6, 6.07) is 6.05. The number of hydrogen-bond donors (Lipinski definition) is 0. The third-order valence-electron chi connectivity index (χ3n) is 4.32. The van der Waals surface area contributed by atoms with Gasteiger partial charge in [0.1, 0.15) is 11.2 Å². The topological polar surface area (TPSA) is 50.1 Å². The van der Waals surface area contributed by atoms with Crippen molar-refractivity contribution in [1.82, 2.24) is 19.2 Å². The number of fused-ring (bicyclic) bond motifs is 1. The number of esters is 1. The molecule has 0 bridgehead atoms. The molecule has 2 aromatic heterocycles. The van der Waals surface area contributed by atoms with Gasteiger partial charge in [0.25, 0.3) is 0 Å². The first kappa shape index (κ1) is 17.9. The number of carbonyl (C=O) groups excluding carboxylic acids is 1. The molecule has 0 saturated carbocycles. The van der Waals surface area contributed by atoms with Crippen molar-refractivity contribution in [3.05, 3.63) is 36.3 Å². The molecule has 3 heterocycles. The maximum absolute atomic E-state index is 11.8. The average Bonchev–Trinajstić information content (AvgIpc) is 2.95. The lowest BCUT2D eigenvalue weighted by Crippen LogP contribution is -2.46. The normalized spacial score (nSPS) is 17.1. The summed E-state index contributed by atoms with van der Waals surface area (Å²) in [5.74, 6) is -0.111. The lowest BCUT2D eigenvalue weighted by Gasteiger charge is -2.34. The molecule has 0 aromatic carbocycles. The number of carbonyl (C=O) groups is 1. The zero-order valence-corrected chi connectivity index (χ0v) is 15.4. The number of hydrogen-bond acceptors (Lipinski definition) is 5. The molecule has 1 aliphatic heterocycles. The number of aromatic nitrogens is 2. The van der Waals surface area contributed by atoms with Gasteiger partial charge in [-0.15, -0.1) is 0 Å². The van der Waals surface area contributed by atoms with Gasteiger partial charge in [0, 0.05) is 51.7 Å². The van der Waals surface area contributed by atoms with E-state index in [0.29, 0.717) is 6.42 Å². The number of imidazole rings is 1. The van der Waals surface area contributed by atoms with E-state index in [1.807, 2.05) is 45.2 Å². The van der Waals surface area contributed by atoms with Crippen LogP contribution in [0.25, 0.3) is 5.65 Å². The fourth-order valence-electron chi connectivity index (χ4n) is 3.11. The zero-order valence-electron chi connectivity index (χ0n) is 15.4. The molecule has 3 rings (SSSR count). The Morgan fingerprint density at radius 1 is 1.16 bits per heavy atom. The van der Waals surface area contributed by atoms with E-state index in [1.54, 1.807) is 0 Å². The van der Waals surface area contributed by atoms with Crippen LogP contribution in [-0.2, 0) is 16.1 Å². The fraction of sp³-hybridized carbons (Fsp3) is 0.579. The SMILES string of the molecule is CC(C)(C)OC(=O)CCN1CCN(Cc2cn3ccccc3n2)CC1. The van der Waals surface area contributed by atoms with E-state index >= 15 is 0 Å². The second kappa shape index (κ2) is 7.54. The molecule has 0 N–H and O–H groups in total. The van der Waals surface area contributed by atoms with Gasteiger partial charge in [-0.05, 0) is 32.9 Å². The third kappa shape index (κ3) is 5.28. The monoisotopic (exact) mass is 344 g/mol. The number of ether oxygens (including phenoxy) is 1. The van der Waals surface area contributed by atoms with Crippen molar-refractivity contribution >= 4 is 11.6 Å². The summed E-state index contributed by atoms with van der Waals surface area (Å²) < 4.78 is 7.43. The minimum absolute atomic E-state index is 0.111. The van der Waals surface area contributed by atoms with Crippen molar-refractivity contribution in [1.29, 1.82) is 0 Å². The molecule has 6 nitrogen and oxygen atoms in total. The standard InChI is InChI=1S/C19H28N4O2/c1-19(2,3)25-18(24)7-9-21-10-12-22(13-11-21)14-16-15-23-8-5-4-6-17(23)20-16/h4-6,8,15H,7,9-14H2,1-3H3.